The zero-order chi connectivity index (χ0) is 25.7. The van der Waals surface area contributed by atoms with Gasteiger partial charge in [-0.2, -0.15) is 17.9 Å². The predicted molar refractivity (Wildman–Crippen MR) is 124 cm³/mol. The quantitative estimate of drug-likeness (QED) is 0.497. The average Bonchev–Trinajstić information content (AvgIpc) is 3.05. The standard InChI is InChI=1S/C23H25F3N4O4S/c1-12-9-18-16(10-19(12)34-3)20(22(27)31)21(30(18)14-5-4-6-14)17-8-7-15(11-28-17)35(32,33)29-13(2)23(24,25)26/h7-11,13-14,29H,4-6H2,1-3H3,(H2,27,31)/t13-/m1/s1. The highest BCUT2D eigenvalue weighted by Gasteiger charge is 2.39. The van der Waals surface area contributed by atoms with Crippen LogP contribution in [0.1, 0.15) is 48.1 Å². The summed E-state index contributed by atoms with van der Waals surface area (Å²) in [6.07, 6.45) is -0.990. The Hall–Kier alpha value is -3.12. The van der Waals surface area contributed by atoms with E-state index in [0.29, 0.717) is 23.8 Å². The Morgan fingerprint density at radius 1 is 1.29 bits per heavy atom. The number of fused-ring (bicyclic) bond motifs is 1. The van der Waals surface area contributed by atoms with Gasteiger partial charge in [-0.05, 0) is 62.9 Å². The third-order valence-corrected chi connectivity index (χ3v) is 7.84. The maximum atomic E-state index is 12.8. The molecule has 188 valence electrons. The Morgan fingerprint density at radius 3 is 2.46 bits per heavy atom. The number of rotatable bonds is 7. The van der Waals surface area contributed by atoms with E-state index >= 15 is 0 Å². The van der Waals surface area contributed by atoms with E-state index in [1.54, 1.807) is 10.8 Å². The number of carbonyl (C=O) groups excluding carboxylic acids is 1. The first-order valence-electron chi connectivity index (χ1n) is 10.9. The van der Waals surface area contributed by atoms with Crippen LogP contribution in [0.2, 0.25) is 0 Å². The van der Waals surface area contributed by atoms with Gasteiger partial charge in [0.05, 0.1) is 29.6 Å². The summed E-state index contributed by atoms with van der Waals surface area (Å²) in [5.41, 5.74) is 8.35. The topological polar surface area (TPSA) is 116 Å². The number of nitrogens with two attached hydrogens (primary N) is 1. The van der Waals surface area contributed by atoms with Crippen LogP contribution in [0.3, 0.4) is 0 Å². The molecule has 12 heteroatoms. The third kappa shape index (κ3) is 4.47. The Morgan fingerprint density at radius 2 is 1.97 bits per heavy atom. The van der Waals surface area contributed by atoms with Crippen LogP contribution in [0.15, 0.2) is 35.4 Å². The lowest BCUT2D eigenvalue weighted by Crippen LogP contribution is -2.42. The Kier molecular flexibility index (Phi) is 6.30. The molecule has 0 spiro atoms. The molecule has 0 aliphatic heterocycles. The van der Waals surface area contributed by atoms with E-state index in [4.69, 9.17) is 10.5 Å². The van der Waals surface area contributed by atoms with Crippen molar-refractivity contribution in [2.24, 2.45) is 5.73 Å². The highest BCUT2D eigenvalue weighted by molar-refractivity contribution is 7.89. The number of hydrogen-bond acceptors (Lipinski definition) is 5. The summed E-state index contributed by atoms with van der Waals surface area (Å²) in [7, 11) is -2.95. The molecule has 1 fully saturated rings. The lowest BCUT2D eigenvalue weighted by molar-refractivity contribution is -0.147. The van der Waals surface area contributed by atoms with E-state index in [1.165, 1.54) is 13.2 Å². The maximum absolute atomic E-state index is 12.8. The van der Waals surface area contributed by atoms with Crippen LogP contribution >= 0.6 is 0 Å². The van der Waals surface area contributed by atoms with E-state index in [2.05, 4.69) is 4.98 Å². The van der Waals surface area contributed by atoms with Crippen LogP contribution in [0.5, 0.6) is 5.75 Å². The van der Waals surface area contributed by atoms with Crippen LogP contribution in [-0.4, -0.2) is 43.2 Å². The maximum Gasteiger partial charge on any atom is 0.404 e. The van der Waals surface area contributed by atoms with Gasteiger partial charge in [0.1, 0.15) is 16.7 Å². The number of benzene rings is 1. The molecule has 0 saturated heterocycles. The highest BCUT2D eigenvalue weighted by Crippen LogP contribution is 2.43. The van der Waals surface area contributed by atoms with Gasteiger partial charge in [-0.25, -0.2) is 8.42 Å². The molecular weight excluding hydrogens is 485 g/mol. The van der Waals surface area contributed by atoms with Gasteiger partial charge in [0, 0.05) is 17.6 Å². The van der Waals surface area contributed by atoms with Crippen molar-refractivity contribution in [2.75, 3.05) is 7.11 Å². The molecule has 2 aromatic heterocycles. The number of pyridine rings is 1. The summed E-state index contributed by atoms with van der Waals surface area (Å²) >= 11 is 0. The van der Waals surface area contributed by atoms with Crippen molar-refractivity contribution in [3.63, 3.8) is 0 Å². The first kappa shape index (κ1) is 25.0. The van der Waals surface area contributed by atoms with Crippen LogP contribution in [0.25, 0.3) is 22.3 Å². The first-order chi connectivity index (χ1) is 16.3. The fourth-order valence-corrected chi connectivity index (χ4v) is 5.41. The van der Waals surface area contributed by atoms with Crippen LogP contribution in [0, 0.1) is 6.92 Å². The van der Waals surface area contributed by atoms with Crippen molar-refractivity contribution >= 4 is 26.8 Å². The molecule has 1 aromatic carbocycles. The number of alkyl halides is 3. The summed E-state index contributed by atoms with van der Waals surface area (Å²) in [5.74, 6) is -0.107. The Labute approximate surface area is 200 Å². The smallest absolute Gasteiger partial charge is 0.404 e. The number of methoxy groups -OCH3 is 1. The van der Waals surface area contributed by atoms with E-state index in [0.717, 1.165) is 42.6 Å². The van der Waals surface area contributed by atoms with Crippen molar-refractivity contribution in [3.05, 3.63) is 41.6 Å². The number of carbonyl (C=O) groups is 1. The average molecular weight is 511 g/mol. The van der Waals surface area contributed by atoms with Crippen molar-refractivity contribution in [2.45, 2.75) is 56.3 Å². The molecule has 8 nitrogen and oxygen atoms in total. The molecule has 35 heavy (non-hydrogen) atoms. The third-order valence-electron chi connectivity index (χ3n) is 6.32. The van der Waals surface area contributed by atoms with Gasteiger partial charge >= 0.3 is 6.18 Å². The number of aromatic nitrogens is 2. The molecule has 3 N–H and O–H groups in total. The summed E-state index contributed by atoms with van der Waals surface area (Å²) in [6.45, 7) is 2.60. The second kappa shape index (κ2) is 8.83. The normalized spacial score (nSPS) is 15.7. The van der Waals surface area contributed by atoms with Gasteiger partial charge in [-0.1, -0.05) is 0 Å². The second-order valence-corrected chi connectivity index (χ2v) is 10.4. The van der Waals surface area contributed by atoms with Gasteiger partial charge in [-0.15, -0.1) is 0 Å². The minimum atomic E-state index is -4.74. The SMILES string of the molecule is COc1cc2c(C(N)=O)c(-c3ccc(S(=O)(=O)N[C@H](C)C(F)(F)F)cn3)n(C3CCC3)c2cc1C. The molecule has 2 heterocycles. The summed E-state index contributed by atoms with van der Waals surface area (Å²) in [5, 5.41) is 0.584. The number of halogens is 3. The van der Waals surface area contributed by atoms with Gasteiger partial charge in [0.25, 0.3) is 5.91 Å². The first-order valence-corrected chi connectivity index (χ1v) is 12.4. The number of sulfonamides is 1. The Bertz CT molecular complexity index is 1400. The minimum absolute atomic E-state index is 0.0907. The minimum Gasteiger partial charge on any atom is -0.496 e. The van der Waals surface area contributed by atoms with Crippen LogP contribution < -0.4 is 15.2 Å². The molecule has 0 unspecified atom stereocenters. The largest absolute Gasteiger partial charge is 0.496 e. The van der Waals surface area contributed by atoms with Gasteiger partial charge < -0.3 is 15.0 Å². The zero-order valence-corrected chi connectivity index (χ0v) is 20.1. The number of ether oxygens (including phenoxy) is 1. The molecule has 1 atom stereocenters. The molecule has 3 aromatic rings. The van der Waals surface area contributed by atoms with E-state index in [9.17, 15) is 26.4 Å². The number of primary amides is 1. The van der Waals surface area contributed by atoms with E-state index in [-0.39, 0.29) is 17.3 Å². The van der Waals surface area contributed by atoms with Crippen molar-refractivity contribution in [3.8, 4) is 17.1 Å². The summed E-state index contributed by atoms with van der Waals surface area (Å²) in [4.78, 5) is 16.4. The number of nitrogens with one attached hydrogen (secondary N) is 1. The molecule has 0 radical (unpaired) electrons. The zero-order valence-electron chi connectivity index (χ0n) is 19.3. The van der Waals surface area contributed by atoms with E-state index in [1.807, 2.05) is 17.6 Å². The van der Waals surface area contributed by atoms with Gasteiger partial charge in [0.15, 0.2) is 0 Å². The molecule has 1 aliphatic rings. The molecular formula is C23H25F3N4O4S. The van der Waals surface area contributed by atoms with Gasteiger partial charge in [0.2, 0.25) is 10.0 Å². The van der Waals surface area contributed by atoms with Crippen molar-refractivity contribution < 1.29 is 31.1 Å². The summed E-state index contributed by atoms with van der Waals surface area (Å²) < 4.78 is 72.4. The van der Waals surface area contributed by atoms with Crippen LogP contribution in [-0.2, 0) is 10.0 Å². The van der Waals surface area contributed by atoms with Crippen molar-refractivity contribution in [1.29, 1.82) is 0 Å². The lowest BCUT2D eigenvalue weighted by atomic mass is 9.92. The van der Waals surface area contributed by atoms with Crippen LogP contribution in [0.4, 0.5) is 13.2 Å². The number of nitrogens with zero attached hydrogens (tertiary/aromatic N) is 2. The summed E-state index contributed by atoms with van der Waals surface area (Å²) in [6, 6.07) is 4.00. The highest BCUT2D eigenvalue weighted by atomic mass is 32.2. The Balaban J connectivity index is 1.87. The molecule has 1 saturated carbocycles. The fraction of sp³-hybridized carbons (Fsp3) is 0.391. The van der Waals surface area contributed by atoms with Crippen molar-refractivity contribution in [1.82, 2.24) is 14.3 Å². The fourth-order valence-electron chi connectivity index (χ4n) is 4.23. The predicted octanol–water partition coefficient (Wildman–Crippen LogP) is 4.07. The molecule has 0 bridgehead atoms. The number of aryl methyl sites for hydroxylation is 1. The molecule has 1 amide bonds. The van der Waals surface area contributed by atoms with E-state index < -0.39 is 33.0 Å². The lowest BCUT2D eigenvalue weighted by Gasteiger charge is -2.30. The molecule has 1 aliphatic carbocycles. The second-order valence-electron chi connectivity index (χ2n) is 8.65. The number of amides is 1. The monoisotopic (exact) mass is 510 g/mol. The number of hydrogen-bond donors (Lipinski definition) is 2. The molecule has 4 rings (SSSR count). The van der Waals surface area contributed by atoms with Gasteiger partial charge in [-0.3, -0.25) is 9.78 Å².